The van der Waals surface area contributed by atoms with Crippen LogP contribution >= 0.6 is 23.1 Å². The molecule has 0 radical (unpaired) electrons. The maximum Gasteiger partial charge on any atom is 0.341 e. The third kappa shape index (κ3) is 5.34. The molecule has 2 amide bonds. The first kappa shape index (κ1) is 24.3. The molecule has 0 unspecified atom stereocenters. The van der Waals surface area contributed by atoms with Crippen LogP contribution in [0.4, 0.5) is 5.00 Å². The van der Waals surface area contributed by atoms with Crippen LogP contribution in [0.3, 0.4) is 0 Å². The molecule has 10 nitrogen and oxygen atoms in total. The van der Waals surface area contributed by atoms with Gasteiger partial charge in [0.15, 0.2) is 11.0 Å². The highest BCUT2D eigenvalue weighted by Gasteiger charge is 2.26. The summed E-state index contributed by atoms with van der Waals surface area (Å²) in [5, 5.41) is 11.8. The maximum atomic E-state index is 12.6. The van der Waals surface area contributed by atoms with Gasteiger partial charge in [-0.3, -0.25) is 9.59 Å². The third-order valence-corrected chi connectivity index (χ3v) is 6.86. The number of thiophene rings is 1. The molecular weight excluding hydrogens is 466 g/mol. The van der Waals surface area contributed by atoms with Crippen LogP contribution in [0, 0.1) is 6.92 Å². The first-order chi connectivity index (χ1) is 15.8. The van der Waals surface area contributed by atoms with E-state index in [0.29, 0.717) is 16.5 Å². The van der Waals surface area contributed by atoms with Gasteiger partial charge in [0.25, 0.3) is 5.91 Å². The van der Waals surface area contributed by atoms with Gasteiger partial charge in [0, 0.05) is 12.6 Å². The number of benzene rings is 1. The molecule has 0 aliphatic heterocycles. The number of thioether (sulfide) groups is 1. The van der Waals surface area contributed by atoms with Gasteiger partial charge in [-0.05, 0) is 43.7 Å². The van der Waals surface area contributed by atoms with E-state index < -0.39 is 11.9 Å². The van der Waals surface area contributed by atoms with E-state index in [2.05, 4.69) is 15.5 Å². The Bertz CT molecular complexity index is 1190. The standard InChI is InChI=1S/C21H23N5O5S2/c1-5-31-20(29)15-11(2)16(17(22)28)33-19(15)23-14(27)10-32-21-25-24-18(26(21)3)12-6-8-13(30-4)9-7-12/h6-9H,5,10H2,1-4H3,(H2,22,28)(H,23,27). The van der Waals surface area contributed by atoms with Crippen LogP contribution in [0.1, 0.15) is 32.5 Å². The van der Waals surface area contributed by atoms with Gasteiger partial charge in [-0.25, -0.2) is 4.79 Å². The zero-order valence-corrected chi connectivity index (χ0v) is 20.1. The monoisotopic (exact) mass is 489 g/mol. The number of methoxy groups -OCH3 is 1. The molecule has 12 heteroatoms. The van der Waals surface area contributed by atoms with Crippen LogP contribution in [-0.2, 0) is 16.6 Å². The predicted octanol–water partition coefficient (Wildman–Crippen LogP) is 2.87. The number of nitrogens with two attached hydrogens (primary N) is 1. The number of carbonyl (C=O) groups excluding carboxylic acids is 3. The number of amides is 2. The zero-order valence-electron chi connectivity index (χ0n) is 18.5. The van der Waals surface area contributed by atoms with Crippen molar-refractivity contribution in [3.8, 4) is 17.1 Å². The highest BCUT2D eigenvalue weighted by atomic mass is 32.2. The normalized spacial score (nSPS) is 10.7. The molecule has 0 aliphatic carbocycles. The van der Waals surface area contributed by atoms with Gasteiger partial charge in [0.05, 0.1) is 29.9 Å². The van der Waals surface area contributed by atoms with Gasteiger partial charge in [0.1, 0.15) is 10.8 Å². The van der Waals surface area contributed by atoms with Crippen LogP contribution in [0.5, 0.6) is 5.75 Å². The average molecular weight is 490 g/mol. The molecule has 1 aromatic carbocycles. The Kier molecular flexibility index (Phi) is 7.71. The lowest BCUT2D eigenvalue weighted by Gasteiger charge is -2.07. The minimum atomic E-state index is -0.678. The molecule has 2 aromatic heterocycles. The largest absolute Gasteiger partial charge is 0.497 e. The number of esters is 1. The fourth-order valence-electron chi connectivity index (χ4n) is 3.01. The summed E-state index contributed by atoms with van der Waals surface area (Å²) in [6.07, 6.45) is 0. The lowest BCUT2D eigenvalue weighted by atomic mass is 10.1. The molecule has 0 atom stereocenters. The molecule has 3 N–H and O–H groups in total. The fraction of sp³-hybridized carbons (Fsp3) is 0.286. The number of carbonyl (C=O) groups is 3. The second-order valence-corrected chi connectivity index (χ2v) is 8.74. The first-order valence-electron chi connectivity index (χ1n) is 9.83. The Morgan fingerprint density at radius 3 is 2.52 bits per heavy atom. The Balaban J connectivity index is 1.72. The van der Waals surface area contributed by atoms with Crippen LogP contribution in [-0.4, -0.2) is 52.0 Å². The topological polar surface area (TPSA) is 138 Å². The van der Waals surface area contributed by atoms with Gasteiger partial charge in [-0.1, -0.05) is 11.8 Å². The van der Waals surface area contributed by atoms with E-state index in [9.17, 15) is 14.4 Å². The van der Waals surface area contributed by atoms with Gasteiger partial charge in [-0.2, -0.15) is 0 Å². The fourth-order valence-corrected chi connectivity index (χ4v) is 4.78. The number of nitrogens with zero attached hydrogens (tertiary/aromatic N) is 3. The zero-order chi connectivity index (χ0) is 24.1. The van der Waals surface area contributed by atoms with Gasteiger partial charge in [0.2, 0.25) is 5.91 Å². The van der Waals surface area contributed by atoms with Crippen molar-refractivity contribution in [3.05, 3.63) is 40.3 Å². The Morgan fingerprint density at radius 2 is 1.91 bits per heavy atom. The Hall–Kier alpha value is -3.38. The second-order valence-electron chi connectivity index (χ2n) is 6.78. The number of hydrogen-bond donors (Lipinski definition) is 2. The highest BCUT2D eigenvalue weighted by molar-refractivity contribution is 7.99. The van der Waals surface area contributed by atoms with E-state index in [-0.39, 0.29) is 33.7 Å². The summed E-state index contributed by atoms with van der Waals surface area (Å²) in [5.74, 6) is -0.290. The van der Waals surface area contributed by atoms with E-state index >= 15 is 0 Å². The van der Waals surface area contributed by atoms with Crippen molar-refractivity contribution in [2.24, 2.45) is 12.8 Å². The Morgan fingerprint density at radius 1 is 1.21 bits per heavy atom. The minimum Gasteiger partial charge on any atom is -0.497 e. The van der Waals surface area contributed by atoms with E-state index in [0.717, 1.165) is 22.6 Å². The summed E-state index contributed by atoms with van der Waals surface area (Å²) in [6.45, 7) is 3.42. The number of hydrogen-bond acceptors (Lipinski definition) is 9. The summed E-state index contributed by atoms with van der Waals surface area (Å²) >= 11 is 2.13. The number of primary amides is 1. The number of ether oxygens (including phenoxy) is 2. The third-order valence-electron chi connectivity index (χ3n) is 4.62. The number of nitrogens with one attached hydrogen (secondary N) is 1. The van der Waals surface area contributed by atoms with Crippen molar-refractivity contribution in [1.82, 2.24) is 14.8 Å². The molecule has 0 bridgehead atoms. The first-order valence-corrected chi connectivity index (χ1v) is 11.6. The van der Waals surface area contributed by atoms with Crippen LogP contribution in [0.25, 0.3) is 11.4 Å². The summed E-state index contributed by atoms with van der Waals surface area (Å²) in [5.41, 5.74) is 6.77. The Labute approximate surface area is 198 Å². The van der Waals surface area contributed by atoms with E-state index in [4.69, 9.17) is 15.2 Å². The number of aromatic nitrogens is 3. The molecule has 2 heterocycles. The van der Waals surface area contributed by atoms with Gasteiger partial charge >= 0.3 is 5.97 Å². The van der Waals surface area contributed by atoms with Gasteiger partial charge in [-0.15, -0.1) is 21.5 Å². The smallest absolute Gasteiger partial charge is 0.341 e. The predicted molar refractivity (Wildman–Crippen MR) is 126 cm³/mol. The second kappa shape index (κ2) is 10.5. The maximum absolute atomic E-state index is 12.6. The summed E-state index contributed by atoms with van der Waals surface area (Å²) in [4.78, 5) is 36.8. The van der Waals surface area contributed by atoms with E-state index in [1.165, 1.54) is 11.8 Å². The molecule has 0 saturated carbocycles. The molecule has 33 heavy (non-hydrogen) atoms. The lowest BCUT2D eigenvalue weighted by Crippen LogP contribution is -2.17. The molecule has 3 rings (SSSR count). The van der Waals surface area contributed by atoms with Crippen LogP contribution in [0.2, 0.25) is 0 Å². The molecule has 0 fully saturated rings. The summed E-state index contributed by atoms with van der Waals surface area (Å²) in [6, 6.07) is 7.40. The van der Waals surface area contributed by atoms with Crippen LogP contribution < -0.4 is 15.8 Å². The van der Waals surface area contributed by atoms with Crippen molar-refractivity contribution in [3.63, 3.8) is 0 Å². The highest BCUT2D eigenvalue weighted by Crippen LogP contribution is 2.34. The van der Waals surface area contributed by atoms with Crippen molar-refractivity contribution < 1.29 is 23.9 Å². The molecular formula is C21H23N5O5S2. The number of rotatable bonds is 9. The van der Waals surface area contributed by atoms with E-state index in [1.54, 1.807) is 32.6 Å². The molecule has 3 aromatic rings. The minimum absolute atomic E-state index is 0.0136. The quantitative estimate of drug-likeness (QED) is 0.346. The summed E-state index contributed by atoms with van der Waals surface area (Å²) < 4.78 is 12.0. The molecule has 0 saturated heterocycles. The average Bonchev–Trinajstić information content (AvgIpc) is 3.32. The number of anilines is 1. The van der Waals surface area contributed by atoms with Crippen molar-refractivity contribution in [2.45, 2.75) is 19.0 Å². The van der Waals surface area contributed by atoms with Crippen molar-refractivity contribution >= 4 is 45.9 Å². The SMILES string of the molecule is CCOC(=O)c1c(NC(=O)CSc2nnc(-c3ccc(OC)cc3)n2C)sc(C(N)=O)c1C. The van der Waals surface area contributed by atoms with Crippen molar-refractivity contribution in [1.29, 1.82) is 0 Å². The molecule has 174 valence electrons. The van der Waals surface area contributed by atoms with Crippen LogP contribution in [0.15, 0.2) is 29.4 Å². The van der Waals surface area contributed by atoms with Gasteiger partial charge < -0.3 is 25.1 Å². The lowest BCUT2D eigenvalue weighted by molar-refractivity contribution is -0.113. The summed E-state index contributed by atoms with van der Waals surface area (Å²) in [7, 11) is 3.40. The molecule has 0 spiro atoms. The van der Waals surface area contributed by atoms with E-state index in [1.807, 2.05) is 24.3 Å². The molecule has 0 aliphatic rings. The van der Waals surface area contributed by atoms with Crippen molar-refractivity contribution in [2.75, 3.05) is 24.8 Å².